The molecule has 1 aromatic carbocycles. The topological polar surface area (TPSA) is 32.3 Å². The number of nitrogens with one attached hydrogen (secondary N) is 1. The van der Waals surface area contributed by atoms with Crippen molar-refractivity contribution in [3.63, 3.8) is 0 Å². The van der Waals surface area contributed by atoms with Gasteiger partial charge in [-0.05, 0) is 19.4 Å². The van der Waals surface area contributed by atoms with Gasteiger partial charge in [0.2, 0.25) is 0 Å². The minimum Gasteiger partial charge on any atom is -0.387 e. The Kier molecular flexibility index (Phi) is 3.90. The first-order valence-electron chi connectivity index (χ1n) is 5.01. The molecule has 1 unspecified atom stereocenters. The number of β-amino-alcohol motifs (C(OH)–C–C–N with tert-alkyl or cyclic N) is 1. The summed E-state index contributed by atoms with van der Waals surface area (Å²) in [6.07, 6.45) is 4.82. The van der Waals surface area contributed by atoms with Crippen molar-refractivity contribution in [1.82, 2.24) is 5.32 Å². The number of rotatable bonds is 4. The Bertz CT molecular complexity index is 337. The Labute approximate surface area is 91.3 Å². The molecule has 2 heteroatoms. The normalized spacial score (nSPS) is 13.2. The van der Waals surface area contributed by atoms with E-state index >= 15 is 0 Å². The van der Waals surface area contributed by atoms with Gasteiger partial charge in [-0.15, -0.1) is 6.42 Å². The lowest BCUT2D eigenvalue weighted by molar-refractivity contribution is 0.167. The van der Waals surface area contributed by atoms with Crippen LogP contribution >= 0.6 is 0 Å². The average molecular weight is 203 g/mol. The van der Waals surface area contributed by atoms with Crippen LogP contribution < -0.4 is 5.32 Å². The van der Waals surface area contributed by atoms with Gasteiger partial charge >= 0.3 is 0 Å². The number of hydrogen-bond acceptors (Lipinski definition) is 2. The molecule has 2 nitrogen and oxygen atoms in total. The number of aliphatic hydroxyl groups excluding tert-OH is 1. The molecule has 0 heterocycles. The average Bonchev–Trinajstić information content (AvgIpc) is 2.27. The Morgan fingerprint density at radius 3 is 2.53 bits per heavy atom. The van der Waals surface area contributed by atoms with E-state index in [1.807, 2.05) is 44.2 Å². The van der Waals surface area contributed by atoms with Crippen LogP contribution in [0.4, 0.5) is 0 Å². The predicted octanol–water partition coefficient (Wildman–Crippen LogP) is 1.72. The van der Waals surface area contributed by atoms with Gasteiger partial charge in [0.05, 0.1) is 11.6 Å². The van der Waals surface area contributed by atoms with Gasteiger partial charge in [0.1, 0.15) is 0 Å². The summed E-state index contributed by atoms with van der Waals surface area (Å²) >= 11 is 0. The Morgan fingerprint density at radius 2 is 2.00 bits per heavy atom. The van der Waals surface area contributed by atoms with Crippen molar-refractivity contribution in [1.29, 1.82) is 0 Å². The first-order valence-corrected chi connectivity index (χ1v) is 5.01. The van der Waals surface area contributed by atoms with Crippen molar-refractivity contribution >= 4 is 0 Å². The molecule has 0 aliphatic carbocycles. The molecular weight excluding hydrogens is 186 g/mol. The van der Waals surface area contributed by atoms with Gasteiger partial charge in [-0.2, -0.15) is 0 Å². The number of benzene rings is 1. The summed E-state index contributed by atoms with van der Waals surface area (Å²) in [5, 5.41) is 13.0. The second kappa shape index (κ2) is 4.97. The van der Waals surface area contributed by atoms with Gasteiger partial charge in [-0.3, -0.25) is 5.32 Å². The molecule has 0 spiro atoms. The lowest BCUT2D eigenvalue weighted by Crippen LogP contribution is -2.40. The molecule has 0 aliphatic heterocycles. The summed E-state index contributed by atoms with van der Waals surface area (Å²) in [7, 11) is 0. The summed E-state index contributed by atoms with van der Waals surface area (Å²) < 4.78 is 0. The molecule has 0 aliphatic rings. The van der Waals surface area contributed by atoms with Crippen molar-refractivity contribution in [2.45, 2.75) is 25.5 Å². The molecular formula is C13H17NO. The van der Waals surface area contributed by atoms with Crippen LogP contribution in [0.5, 0.6) is 0 Å². The molecule has 1 rings (SSSR count). The van der Waals surface area contributed by atoms with Gasteiger partial charge in [0.25, 0.3) is 0 Å². The van der Waals surface area contributed by atoms with Gasteiger partial charge < -0.3 is 5.11 Å². The quantitative estimate of drug-likeness (QED) is 0.730. The zero-order chi connectivity index (χ0) is 11.3. The van der Waals surface area contributed by atoms with E-state index in [9.17, 15) is 5.11 Å². The third-order valence-electron chi connectivity index (χ3n) is 2.28. The smallest absolute Gasteiger partial charge is 0.0914 e. The zero-order valence-electron chi connectivity index (χ0n) is 9.20. The highest BCUT2D eigenvalue weighted by Gasteiger charge is 2.15. The largest absolute Gasteiger partial charge is 0.387 e. The summed E-state index contributed by atoms with van der Waals surface area (Å²) in [6.45, 7) is 4.27. The molecule has 0 saturated heterocycles. The maximum absolute atomic E-state index is 9.85. The van der Waals surface area contributed by atoms with Crippen molar-refractivity contribution in [3.05, 3.63) is 35.9 Å². The van der Waals surface area contributed by atoms with Crippen molar-refractivity contribution < 1.29 is 5.11 Å². The number of aliphatic hydroxyl groups is 1. The summed E-state index contributed by atoms with van der Waals surface area (Å²) in [5.41, 5.74) is 0.522. The van der Waals surface area contributed by atoms with E-state index in [4.69, 9.17) is 6.42 Å². The lowest BCUT2D eigenvalue weighted by Gasteiger charge is -2.22. The number of terminal acetylenes is 1. The molecule has 80 valence electrons. The van der Waals surface area contributed by atoms with Crippen LogP contribution in [0.3, 0.4) is 0 Å². The summed E-state index contributed by atoms with van der Waals surface area (Å²) in [4.78, 5) is 0. The highest BCUT2D eigenvalue weighted by atomic mass is 16.3. The van der Waals surface area contributed by atoms with Crippen molar-refractivity contribution in [2.24, 2.45) is 0 Å². The van der Waals surface area contributed by atoms with Crippen LogP contribution in [-0.2, 0) is 0 Å². The molecule has 0 radical (unpaired) electrons. The molecule has 1 atom stereocenters. The molecule has 15 heavy (non-hydrogen) atoms. The first kappa shape index (κ1) is 11.8. The van der Waals surface area contributed by atoms with E-state index in [0.29, 0.717) is 6.54 Å². The van der Waals surface area contributed by atoms with E-state index in [-0.39, 0.29) is 5.54 Å². The van der Waals surface area contributed by atoms with Gasteiger partial charge in [0.15, 0.2) is 0 Å². The fourth-order valence-corrected chi connectivity index (χ4v) is 1.20. The Morgan fingerprint density at radius 1 is 1.40 bits per heavy atom. The van der Waals surface area contributed by atoms with Crippen molar-refractivity contribution in [3.8, 4) is 12.3 Å². The monoisotopic (exact) mass is 203 g/mol. The lowest BCUT2D eigenvalue weighted by atomic mass is 10.1. The minimum absolute atomic E-state index is 0.379. The minimum atomic E-state index is -0.515. The Hall–Kier alpha value is -1.30. The maximum Gasteiger partial charge on any atom is 0.0914 e. The Balaban J connectivity index is 2.52. The van der Waals surface area contributed by atoms with Crippen LogP contribution in [-0.4, -0.2) is 17.2 Å². The molecule has 0 amide bonds. The van der Waals surface area contributed by atoms with Crippen molar-refractivity contribution in [2.75, 3.05) is 6.54 Å². The molecule has 0 bridgehead atoms. The van der Waals surface area contributed by atoms with Crippen LogP contribution in [0.2, 0.25) is 0 Å². The fraction of sp³-hybridized carbons (Fsp3) is 0.385. The third-order valence-corrected chi connectivity index (χ3v) is 2.28. The molecule has 1 aromatic rings. The molecule has 2 N–H and O–H groups in total. The highest BCUT2D eigenvalue weighted by Crippen LogP contribution is 2.12. The van der Waals surface area contributed by atoms with E-state index < -0.39 is 6.10 Å². The first-order chi connectivity index (χ1) is 7.05. The van der Waals surface area contributed by atoms with Gasteiger partial charge in [-0.25, -0.2) is 0 Å². The van der Waals surface area contributed by atoms with Gasteiger partial charge in [0, 0.05) is 6.54 Å². The second-order valence-electron chi connectivity index (χ2n) is 4.08. The molecule has 0 aromatic heterocycles. The van der Waals surface area contributed by atoms with E-state index in [1.54, 1.807) is 0 Å². The fourth-order valence-electron chi connectivity index (χ4n) is 1.20. The van der Waals surface area contributed by atoms with E-state index in [1.165, 1.54) is 0 Å². The van der Waals surface area contributed by atoms with Crippen LogP contribution in [0.25, 0.3) is 0 Å². The van der Waals surface area contributed by atoms with E-state index in [0.717, 1.165) is 5.56 Å². The highest BCUT2D eigenvalue weighted by molar-refractivity contribution is 5.18. The van der Waals surface area contributed by atoms with Gasteiger partial charge in [-0.1, -0.05) is 36.3 Å². The summed E-state index contributed by atoms with van der Waals surface area (Å²) in [6, 6.07) is 9.54. The van der Waals surface area contributed by atoms with Crippen LogP contribution in [0.15, 0.2) is 30.3 Å². The van der Waals surface area contributed by atoms with Crippen LogP contribution in [0, 0.1) is 12.3 Å². The maximum atomic E-state index is 9.85. The zero-order valence-corrected chi connectivity index (χ0v) is 9.20. The predicted molar refractivity (Wildman–Crippen MR) is 62.3 cm³/mol. The molecule has 0 fully saturated rings. The van der Waals surface area contributed by atoms with Crippen LogP contribution in [0.1, 0.15) is 25.5 Å². The SMILES string of the molecule is C#CC(C)(C)NCC(O)c1ccccc1. The standard InChI is InChI=1S/C13H17NO/c1-4-13(2,3)14-10-12(15)11-8-6-5-7-9-11/h1,5-9,12,14-15H,10H2,2-3H3. The third kappa shape index (κ3) is 3.75. The molecule has 0 saturated carbocycles. The number of hydrogen-bond donors (Lipinski definition) is 2. The van der Waals surface area contributed by atoms with E-state index in [2.05, 4.69) is 11.2 Å². The second-order valence-corrected chi connectivity index (χ2v) is 4.08. The summed E-state index contributed by atoms with van der Waals surface area (Å²) in [5.74, 6) is 2.63.